The quantitative estimate of drug-likeness (QED) is 0.417. The van der Waals surface area contributed by atoms with Gasteiger partial charge in [-0.1, -0.05) is 90.4 Å². The van der Waals surface area contributed by atoms with Crippen molar-refractivity contribution >= 4 is 14.5 Å². The number of rotatable bonds is 4. The van der Waals surface area contributed by atoms with E-state index in [2.05, 4.69) is 73.4 Å². The summed E-state index contributed by atoms with van der Waals surface area (Å²) in [7, 11) is 2.65. The zero-order valence-electron chi connectivity index (χ0n) is 15.7. The molecule has 0 radical (unpaired) electrons. The molecule has 0 heterocycles. The van der Waals surface area contributed by atoms with Crippen LogP contribution in [0.25, 0.3) is 0 Å². The Balaban J connectivity index is -0.000000250. The van der Waals surface area contributed by atoms with Crippen LogP contribution in [0.4, 0.5) is 0 Å². The maximum absolute atomic E-state index is 2.65. The third-order valence-corrected chi connectivity index (χ3v) is 2.78. The molecule has 124 valence electrons. The normalized spacial score (nSPS) is 9.05. The Kier molecular flexibility index (Phi) is 26.2. The second-order valence-electron chi connectivity index (χ2n) is 4.76. The lowest BCUT2D eigenvalue weighted by molar-refractivity contribution is 0.594. The third-order valence-electron chi connectivity index (χ3n) is 2.39. The minimum Gasteiger partial charge on any atom is -0.106 e. The van der Waals surface area contributed by atoms with Gasteiger partial charge in [-0.15, -0.1) is 9.24 Å². The number of allylic oxidation sites excluding steroid dienone is 2. The summed E-state index contributed by atoms with van der Waals surface area (Å²) in [6.07, 6.45) is 8.28. The van der Waals surface area contributed by atoms with Crippen LogP contribution < -0.4 is 5.30 Å². The molecule has 0 nitrogen and oxygen atoms in total. The fourth-order valence-electron chi connectivity index (χ4n) is 1.28. The summed E-state index contributed by atoms with van der Waals surface area (Å²) in [5.41, 5.74) is 1.32. The largest absolute Gasteiger partial charge is 0.106 e. The average molecular weight is 311 g/mol. The summed E-state index contributed by atoms with van der Waals surface area (Å²) in [5.74, 6) is 0.853. The predicted octanol–water partition coefficient (Wildman–Crippen LogP) is 6.94. The highest BCUT2D eigenvalue weighted by molar-refractivity contribution is 7.27. The molecule has 1 unspecified atom stereocenters. The van der Waals surface area contributed by atoms with Gasteiger partial charge in [-0.2, -0.15) is 0 Å². The first-order valence-electron chi connectivity index (χ1n) is 8.53. The zero-order valence-corrected chi connectivity index (χ0v) is 16.9. The van der Waals surface area contributed by atoms with E-state index in [1.807, 2.05) is 27.7 Å². The van der Waals surface area contributed by atoms with Crippen molar-refractivity contribution in [2.75, 3.05) is 0 Å². The molecule has 21 heavy (non-hydrogen) atoms. The molecular formula is C20H39P. The number of hydrogen-bond donors (Lipinski definition) is 0. The highest BCUT2D eigenvalue weighted by Crippen LogP contribution is 2.03. The molecule has 0 aromatic heterocycles. The van der Waals surface area contributed by atoms with Crippen molar-refractivity contribution in [3.05, 3.63) is 42.0 Å². The lowest BCUT2D eigenvalue weighted by Crippen LogP contribution is -1.85. The molecule has 1 atom stereocenters. The highest BCUT2D eigenvalue weighted by atomic mass is 31.0. The Morgan fingerprint density at radius 3 is 1.76 bits per heavy atom. The first-order chi connectivity index (χ1) is 10.1. The minimum atomic E-state index is 0.853. The van der Waals surface area contributed by atoms with E-state index in [0.29, 0.717) is 0 Å². The first-order valence-corrected chi connectivity index (χ1v) is 9.11. The standard InChI is InChI=1S/C9H18.C7H9P.2C2H6/c1-4-5-6-7-8-9(2)3;1-6-2-4-7(8)5-3-6;2*1-2/h5-6,9H,4,7-8H2,1-3H3;2-5H,8H2,1H3;2*1-2H3/b6-5-;;;. The van der Waals surface area contributed by atoms with Crippen molar-refractivity contribution in [3.8, 4) is 0 Å². The zero-order chi connectivity index (χ0) is 17.1. The molecule has 0 saturated carbocycles. The Labute approximate surface area is 137 Å². The summed E-state index contributed by atoms with van der Waals surface area (Å²) in [4.78, 5) is 0. The molecule has 0 fully saturated rings. The SMILES string of the molecule is CC.CC.CC/C=C\CCC(C)C.Cc1ccc(P)cc1. The van der Waals surface area contributed by atoms with Gasteiger partial charge in [0, 0.05) is 0 Å². The fraction of sp³-hybridized carbons (Fsp3) is 0.600. The van der Waals surface area contributed by atoms with E-state index in [0.717, 1.165) is 5.92 Å². The van der Waals surface area contributed by atoms with E-state index in [4.69, 9.17) is 0 Å². The molecule has 0 aliphatic rings. The van der Waals surface area contributed by atoms with Gasteiger partial charge in [0.25, 0.3) is 0 Å². The van der Waals surface area contributed by atoms with Crippen LogP contribution >= 0.6 is 9.24 Å². The summed E-state index contributed by atoms with van der Waals surface area (Å²) in [6.45, 7) is 16.8. The van der Waals surface area contributed by atoms with E-state index < -0.39 is 0 Å². The van der Waals surface area contributed by atoms with Crippen LogP contribution in [0, 0.1) is 12.8 Å². The second-order valence-corrected chi connectivity index (χ2v) is 5.43. The number of aryl methyl sites for hydroxylation is 1. The van der Waals surface area contributed by atoms with Crippen LogP contribution in [0.2, 0.25) is 0 Å². The Hall–Kier alpha value is -0.610. The maximum atomic E-state index is 2.65. The van der Waals surface area contributed by atoms with Crippen LogP contribution in [0.3, 0.4) is 0 Å². The molecule has 0 amide bonds. The van der Waals surface area contributed by atoms with Crippen LogP contribution in [-0.4, -0.2) is 0 Å². The predicted molar refractivity (Wildman–Crippen MR) is 107 cm³/mol. The summed E-state index contributed by atoms with van der Waals surface area (Å²) >= 11 is 0. The van der Waals surface area contributed by atoms with E-state index in [9.17, 15) is 0 Å². The van der Waals surface area contributed by atoms with Gasteiger partial charge >= 0.3 is 0 Å². The Bertz CT molecular complexity index is 275. The van der Waals surface area contributed by atoms with Crippen molar-refractivity contribution in [3.63, 3.8) is 0 Å². The molecule has 1 aromatic carbocycles. The average Bonchev–Trinajstić information content (AvgIpc) is 2.51. The Morgan fingerprint density at radius 2 is 1.43 bits per heavy atom. The van der Waals surface area contributed by atoms with Gasteiger partial charge in [0.15, 0.2) is 0 Å². The lowest BCUT2D eigenvalue weighted by Gasteiger charge is -1.97. The van der Waals surface area contributed by atoms with Gasteiger partial charge in [0.05, 0.1) is 0 Å². The summed E-state index contributed by atoms with van der Waals surface area (Å²) in [6, 6.07) is 8.37. The summed E-state index contributed by atoms with van der Waals surface area (Å²) in [5, 5.41) is 1.25. The Morgan fingerprint density at radius 1 is 0.952 bits per heavy atom. The van der Waals surface area contributed by atoms with Crippen LogP contribution in [0.5, 0.6) is 0 Å². The molecular weight excluding hydrogens is 271 g/mol. The number of benzene rings is 1. The molecule has 0 N–H and O–H groups in total. The highest BCUT2D eigenvalue weighted by Gasteiger charge is 1.88. The molecule has 0 saturated heterocycles. The summed E-state index contributed by atoms with van der Waals surface area (Å²) < 4.78 is 0. The molecule has 1 aromatic rings. The molecule has 0 aliphatic heterocycles. The van der Waals surface area contributed by atoms with Crippen LogP contribution in [0.1, 0.15) is 73.3 Å². The van der Waals surface area contributed by atoms with Gasteiger partial charge in [0.2, 0.25) is 0 Å². The minimum absolute atomic E-state index is 0.853. The topological polar surface area (TPSA) is 0 Å². The van der Waals surface area contributed by atoms with Crippen molar-refractivity contribution in [1.29, 1.82) is 0 Å². The molecule has 0 bridgehead atoms. The van der Waals surface area contributed by atoms with E-state index in [-0.39, 0.29) is 0 Å². The van der Waals surface area contributed by atoms with E-state index >= 15 is 0 Å². The van der Waals surface area contributed by atoms with Crippen LogP contribution in [0.15, 0.2) is 36.4 Å². The number of hydrogen-bond acceptors (Lipinski definition) is 0. The molecule has 0 spiro atoms. The van der Waals surface area contributed by atoms with E-state index in [1.54, 1.807) is 0 Å². The smallest absolute Gasteiger partial charge is 0.0302 e. The molecule has 0 aliphatic carbocycles. The third kappa shape index (κ3) is 24.8. The molecule has 1 heteroatoms. The van der Waals surface area contributed by atoms with Gasteiger partial charge in [0.1, 0.15) is 0 Å². The van der Waals surface area contributed by atoms with Crippen molar-refractivity contribution in [2.24, 2.45) is 5.92 Å². The van der Waals surface area contributed by atoms with Crippen molar-refractivity contribution in [1.82, 2.24) is 0 Å². The van der Waals surface area contributed by atoms with E-state index in [1.165, 1.54) is 30.1 Å². The van der Waals surface area contributed by atoms with Gasteiger partial charge in [-0.3, -0.25) is 0 Å². The lowest BCUT2D eigenvalue weighted by atomic mass is 10.1. The van der Waals surface area contributed by atoms with Crippen molar-refractivity contribution < 1.29 is 0 Å². The monoisotopic (exact) mass is 310 g/mol. The molecule has 1 rings (SSSR count). The van der Waals surface area contributed by atoms with Gasteiger partial charge < -0.3 is 0 Å². The van der Waals surface area contributed by atoms with Crippen molar-refractivity contribution in [2.45, 2.75) is 74.7 Å². The fourth-order valence-corrected chi connectivity index (χ4v) is 1.47. The van der Waals surface area contributed by atoms with Crippen LogP contribution in [-0.2, 0) is 0 Å². The van der Waals surface area contributed by atoms with Gasteiger partial charge in [-0.25, -0.2) is 0 Å². The maximum Gasteiger partial charge on any atom is -0.0302 e. The second kappa shape index (κ2) is 21.7. The first kappa shape index (κ1) is 25.3. The van der Waals surface area contributed by atoms with Gasteiger partial charge in [-0.05, 0) is 37.4 Å².